The lowest BCUT2D eigenvalue weighted by molar-refractivity contribution is -0.117. The van der Waals surface area contributed by atoms with Gasteiger partial charge in [0.1, 0.15) is 22.8 Å². The summed E-state index contributed by atoms with van der Waals surface area (Å²) in [6.07, 6.45) is 5.90. The van der Waals surface area contributed by atoms with Gasteiger partial charge in [-0.15, -0.1) is 0 Å². The minimum Gasteiger partial charge on any atom is -0.508 e. The van der Waals surface area contributed by atoms with E-state index in [9.17, 15) is 14.3 Å². The maximum atomic E-state index is 14.1. The topological polar surface area (TPSA) is 132 Å². The summed E-state index contributed by atoms with van der Waals surface area (Å²) < 4.78 is 15.1. The number of nitrogens with one attached hydrogen (secondary N) is 4. The summed E-state index contributed by atoms with van der Waals surface area (Å²) in [4.78, 5) is 25.5. The van der Waals surface area contributed by atoms with Gasteiger partial charge in [-0.25, -0.2) is 9.37 Å². The molecular formula is C32H27FIN7O2. The van der Waals surface area contributed by atoms with Crippen LogP contribution in [-0.2, 0) is 4.79 Å². The fourth-order valence-electron chi connectivity index (χ4n) is 5.76. The Kier molecular flexibility index (Phi) is 7.27. The molecule has 216 valence electrons. The lowest BCUT2D eigenvalue weighted by Gasteiger charge is -2.22. The Balaban J connectivity index is 1.22. The summed E-state index contributed by atoms with van der Waals surface area (Å²) in [6.45, 7) is 1.92. The second-order valence-electron chi connectivity index (χ2n) is 10.9. The molecule has 1 fully saturated rings. The maximum Gasteiger partial charge on any atom is 0.224 e. The Morgan fingerprint density at radius 1 is 1.02 bits per heavy atom. The van der Waals surface area contributed by atoms with Gasteiger partial charge in [0.25, 0.3) is 0 Å². The van der Waals surface area contributed by atoms with Gasteiger partial charge >= 0.3 is 0 Å². The minimum atomic E-state index is -0.530. The van der Waals surface area contributed by atoms with E-state index in [-0.39, 0.29) is 11.7 Å². The summed E-state index contributed by atoms with van der Waals surface area (Å²) in [7, 11) is 0. The number of carbonyl (C=O) groups excluding carboxylic acids is 1. The molecule has 2 aromatic carbocycles. The normalized spacial score (nSPS) is 14.0. The zero-order valence-electron chi connectivity index (χ0n) is 22.9. The van der Waals surface area contributed by atoms with E-state index in [0.717, 1.165) is 68.9 Å². The molecule has 7 rings (SSSR count). The number of piperidine rings is 1. The Morgan fingerprint density at radius 2 is 1.88 bits per heavy atom. The molecule has 11 heteroatoms. The highest BCUT2D eigenvalue weighted by Crippen LogP contribution is 2.35. The van der Waals surface area contributed by atoms with Crippen LogP contribution >= 0.6 is 22.6 Å². The third-order valence-corrected chi connectivity index (χ3v) is 8.43. The summed E-state index contributed by atoms with van der Waals surface area (Å²) in [5.74, 6) is -0.248. The van der Waals surface area contributed by atoms with E-state index < -0.39 is 5.82 Å². The summed E-state index contributed by atoms with van der Waals surface area (Å²) in [5.41, 5.74) is 7.10. The average Bonchev–Trinajstić information content (AvgIpc) is 3.60. The standard InChI is InChI=1S/C32H27FIN7O2/c33-20-8-18(11-23(42)12-20)25-15-36-16-29-24(25)14-28(38-29)32-31-27(40-41-32)2-1-26(39-31)19-9-21(34)13-22(10-19)37-30(43)7-17-3-5-35-6-4-17/h1-2,8-17,35,38,42H,3-7H2,(H,37,43)(H,40,41). The third-order valence-electron chi connectivity index (χ3n) is 7.81. The number of nitrogens with zero attached hydrogens (tertiary/aromatic N) is 3. The number of hydrogen-bond acceptors (Lipinski definition) is 6. The van der Waals surface area contributed by atoms with Crippen LogP contribution in [0.3, 0.4) is 0 Å². The van der Waals surface area contributed by atoms with Gasteiger partial charge in [0.15, 0.2) is 0 Å². The fourth-order valence-corrected chi connectivity index (χ4v) is 6.43. The quantitative estimate of drug-likeness (QED) is 0.125. The van der Waals surface area contributed by atoms with Crippen molar-refractivity contribution in [3.63, 3.8) is 0 Å². The first-order valence-electron chi connectivity index (χ1n) is 14.0. The van der Waals surface area contributed by atoms with Crippen molar-refractivity contribution in [3.8, 4) is 39.5 Å². The second kappa shape index (κ2) is 11.4. The van der Waals surface area contributed by atoms with Gasteiger partial charge in [0, 0.05) is 44.5 Å². The molecule has 0 aliphatic carbocycles. The fraction of sp³-hybridized carbons (Fsp3) is 0.188. The van der Waals surface area contributed by atoms with Gasteiger partial charge in [-0.2, -0.15) is 5.10 Å². The smallest absolute Gasteiger partial charge is 0.224 e. The van der Waals surface area contributed by atoms with Crippen molar-refractivity contribution in [2.75, 3.05) is 18.4 Å². The number of rotatable bonds is 6. The molecule has 5 N–H and O–H groups in total. The molecule has 43 heavy (non-hydrogen) atoms. The molecule has 0 radical (unpaired) electrons. The number of aromatic amines is 2. The minimum absolute atomic E-state index is 0.0292. The summed E-state index contributed by atoms with van der Waals surface area (Å²) >= 11 is 2.26. The summed E-state index contributed by atoms with van der Waals surface area (Å²) in [6, 6.07) is 15.7. The van der Waals surface area contributed by atoms with Crippen molar-refractivity contribution in [1.29, 1.82) is 0 Å². The number of aromatic hydroxyl groups is 1. The highest BCUT2D eigenvalue weighted by atomic mass is 127. The predicted octanol–water partition coefficient (Wildman–Crippen LogP) is 6.61. The maximum absolute atomic E-state index is 14.1. The van der Waals surface area contributed by atoms with E-state index in [4.69, 9.17) is 4.98 Å². The van der Waals surface area contributed by atoms with E-state index in [1.54, 1.807) is 12.4 Å². The largest absolute Gasteiger partial charge is 0.508 e. The van der Waals surface area contributed by atoms with E-state index in [1.807, 2.05) is 36.4 Å². The number of pyridine rings is 2. The number of hydrogen-bond donors (Lipinski definition) is 5. The van der Waals surface area contributed by atoms with Gasteiger partial charge < -0.3 is 20.7 Å². The number of fused-ring (bicyclic) bond motifs is 2. The van der Waals surface area contributed by atoms with Gasteiger partial charge in [-0.1, -0.05) is 0 Å². The number of phenolic OH excluding ortho intramolecular Hbond substituents is 1. The first kappa shape index (κ1) is 27.5. The molecule has 1 saturated heterocycles. The molecule has 0 atom stereocenters. The van der Waals surface area contributed by atoms with E-state index in [2.05, 4.69) is 53.4 Å². The molecule has 9 nitrogen and oxygen atoms in total. The molecule has 0 bridgehead atoms. The van der Waals surface area contributed by atoms with Crippen LogP contribution in [0.15, 0.2) is 67.0 Å². The van der Waals surface area contributed by atoms with Crippen molar-refractivity contribution < 1.29 is 14.3 Å². The van der Waals surface area contributed by atoms with Crippen molar-refractivity contribution in [2.45, 2.75) is 19.3 Å². The number of anilines is 1. The Hall–Kier alpha value is -4.36. The van der Waals surface area contributed by atoms with Crippen LogP contribution in [0.2, 0.25) is 0 Å². The molecule has 5 heterocycles. The molecule has 0 unspecified atom stereocenters. The van der Waals surface area contributed by atoms with Crippen molar-refractivity contribution in [2.24, 2.45) is 5.92 Å². The van der Waals surface area contributed by atoms with Gasteiger partial charge in [-0.3, -0.25) is 14.9 Å². The van der Waals surface area contributed by atoms with Crippen LogP contribution in [0.1, 0.15) is 19.3 Å². The molecular weight excluding hydrogens is 660 g/mol. The Morgan fingerprint density at radius 3 is 2.72 bits per heavy atom. The van der Waals surface area contributed by atoms with Crippen LogP contribution < -0.4 is 10.6 Å². The van der Waals surface area contributed by atoms with Gasteiger partial charge in [-0.05, 0) is 109 Å². The van der Waals surface area contributed by atoms with Gasteiger partial charge in [0.05, 0.1) is 28.6 Å². The van der Waals surface area contributed by atoms with E-state index >= 15 is 0 Å². The van der Waals surface area contributed by atoms with Crippen LogP contribution in [0.5, 0.6) is 5.75 Å². The number of phenols is 1. The highest BCUT2D eigenvalue weighted by molar-refractivity contribution is 14.1. The predicted molar refractivity (Wildman–Crippen MR) is 173 cm³/mol. The molecule has 4 aromatic heterocycles. The number of benzene rings is 2. The SMILES string of the molecule is O=C(CC1CCNCC1)Nc1cc(I)cc(-c2ccc3[nH]nc(-c4cc5c(-c6cc(O)cc(F)c6)cncc5[nH]4)c3n2)c1. The van der Waals surface area contributed by atoms with Crippen LogP contribution in [0.25, 0.3) is 55.7 Å². The zero-order valence-corrected chi connectivity index (χ0v) is 25.1. The zero-order chi connectivity index (χ0) is 29.5. The monoisotopic (exact) mass is 687 g/mol. The number of amides is 1. The van der Waals surface area contributed by atoms with Crippen LogP contribution in [-0.4, -0.2) is 49.3 Å². The molecule has 1 aliphatic rings. The van der Waals surface area contributed by atoms with Crippen molar-refractivity contribution in [3.05, 3.63) is 76.4 Å². The summed E-state index contributed by atoms with van der Waals surface area (Å²) in [5, 5.41) is 24.8. The Labute approximate surface area is 259 Å². The number of H-pyrrole nitrogens is 2. The first-order chi connectivity index (χ1) is 20.9. The first-order valence-corrected chi connectivity index (χ1v) is 15.1. The second-order valence-corrected chi connectivity index (χ2v) is 12.1. The Bertz CT molecular complexity index is 1980. The molecule has 0 spiro atoms. The number of carbonyl (C=O) groups is 1. The van der Waals surface area contributed by atoms with E-state index in [0.29, 0.717) is 40.4 Å². The molecule has 0 saturated carbocycles. The molecule has 6 aromatic rings. The molecule has 1 amide bonds. The lowest BCUT2D eigenvalue weighted by Crippen LogP contribution is -2.30. The van der Waals surface area contributed by atoms with Crippen LogP contribution in [0, 0.1) is 15.3 Å². The van der Waals surface area contributed by atoms with Crippen LogP contribution in [0.4, 0.5) is 10.1 Å². The van der Waals surface area contributed by atoms with E-state index in [1.165, 1.54) is 12.1 Å². The van der Waals surface area contributed by atoms with Crippen molar-refractivity contribution >= 4 is 56.1 Å². The number of halogens is 2. The lowest BCUT2D eigenvalue weighted by atomic mass is 9.94. The number of aromatic nitrogens is 5. The highest BCUT2D eigenvalue weighted by Gasteiger charge is 2.19. The van der Waals surface area contributed by atoms with Gasteiger partial charge in [0.2, 0.25) is 5.91 Å². The third kappa shape index (κ3) is 5.69. The molecule has 1 aliphatic heterocycles. The average molecular weight is 688 g/mol. The van der Waals surface area contributed by atoms with Crippen molar-refractivity contribution in [1.82, 2.24) is 30.5 Å².